The molecule has 5 nitrogen and oxygen atoms in total. The topological polar surface area (TPSA) is 76.7 Å². The minimum Gasteiger partial charge on any atom is -0.368 e. The second-order valence-corrected chi connectivity index (χ2v) is 6.78. The Kier molecular flexibility index (Phi) is 5.45. The van der Waals surface area contributed by atoms with E-state index in [9.17, 15) is 4.39 Å². The van der Waals surface area contributed by atoms with Crippen molar-refractivity contribution in [3.05, 3.63) is 71.8 Å². The van der Waals surface area contributed by atoms with E-state index in [1.807, 2.05) is 43.3 Å². The largest absolute Gasteiger partial charge is 0.368 e. The predicted octanol–water partition coefficient (Wildman–Crippen LogP) is 4.33. The van der Waals surface area contributed by atoms with Crippen LogP contribution in [0.5, 0.6) is 0 Å². The number of hydrogen-bond donors (Lipinski definition) is 2. The SMILES string of the molecule is CC(SCc1cccc(F)c1)c1nc(N)nc(Nc2ccccc2)n1. The van der Waals surface area contributed by atoms with Crippen LogP contribution < -0.4 is 11.1 Å². The first-order chi connectivity index (χ1) is 12.1. The molecule has 0 fully saturated rings. The normalized spacial score (nSPS) is 11.9. The van der Waals surface area contributed by atoms with Crippen molar-refractivity contribution < 1.29 is 4.39 Å². The van der Waals surface area contributed by atoms with E-state index in [-0.39, 0.29) is 17.0 Å². The standard InChI is InChI=1S/C18H18FN5S/c1-12(25-11-13-6-5-7-14(19)10-13)16-22-17(20)24-18(23-16)21-15-8-3-2-4-9-15/h2-10,12H,11H2,1H3,(H3,20,21,22,23,24). The van der Waals surface area contributed by atoms with Crippen molar-refractivity contribution in [1.82, 2.24) is 15.0 Å². The highest BCUT2D eigenvalue weighted by molar-refractivity contribution is 7.98. The molecule has 3 rings (SSSR count). The van der Waals surface area contributed by atoms with E-state index in [2.05, 4.69) is 20.3 Å². The van der Waals surface area contributed by atoms with Gasteiger partial charge in [-0.05, 0) is 36.8 Å². The zero-order chi connectivity index (χ0) is 17.6. The first kappa shape index (κ1) is 17.2. The number of hydrogen-bond acceptors (Lipinski definition) is 6. The van der Waals surface area contributed by atoms with E-state index in [0.717, 1.165) is 11.3 Å². The number of rotatable bonds is 6. The van der Waals surface area contributed by atoms with Crippen molar-refractivity contribution in [1.29, 1.82) is 0 Å². The van der Waals surface area contributed by atoms with Crippen LogP contribution in [0.25, 0.3) is 0 Å². The van der Waals surface area contributed by atoms with Gasteiger partial charge in [-0.3, -0.25) is 0 Å². The Labute approximate surface area is 149 Å². The lowest BCUT2D eigenvalue weighted by atomic mass is 10.2. The number of nitrogens with zero attached hydrogens (tertiary/aromatic N) is 3. The maximum absolute atomic E-state index is 13.3. The Morgan fingerprint density at radius 2 is 1.88 bits per heavy atom. The Hall–Kier alpha value is -2.67. The fourth-order valence-electron chi connectivity index (χ4n) is 2.22. The average Bonchev–Trinajstić information content (AvgIpc) is 2.60. The highest BCUT2D eigenvalue weighted by Crippen LogP contribution is 2.30. The fraction of sp³-hybridized carbons (Fsp3) is 0.167. The fourth-order valence-corrected chi connectivity index (χ4v) is 3.10. The summed E-state index contributed by atoms with van der Waals surface area (Å²) in [7, 11) is 0. The molecular formula is C18H18FN5S. The van der Waals surface area contributed by atoms with Crippen LogP contribution in [0.3, 0.4) is 0 Å². The summed E-state index contributed by atoms with van der Waals surface area (Å²) in [5.74, 6) is 1.59. The molecule has 3 N–H and O–H groups in total. The summed E-state index contributed by atoms with van der Waals surface area (Å²) in [5, 5.41) is 3.11. The van der Waals surface area contributed by atoms with E-state index in [0.29, 0.717) is 17.5 Å². The molecule has 25 heavy (non-hydrogen) atoms. The molecule has 1 heterocycles. The van der Waals surface area contributed by atoms with Gasteiger partial charge >= 0.3 is 0 Å². The maximum atomic E-state index is 13.3. The summed E-state index contributed by atoms with van der Waals surface area (Å²) in [5.41, 5.74) is 7.61. The highest BCUT2D eigenvalue weighted by atomic mass is 32.2. The molecule has 0 aliphatic carbocycles. The molecule has 0 aliphatic heterocycles. The third-order valence-corrected chi connectivity index (χ3v) is 4.66. The molecule has 1 unspecified atom stereocenters. The van der Waals surface area contributed by atoms with Gasteiger partial charge in [0, 0.05) is 11.4 Å². The third kappa shape index (κ3) is 4.90. The minimum absolute atomic E-state index is 0.00936. The van der Waals surface area contributed by atoms with Crippen molar-refractivity contribution >= 4 is 29.3 Å². The molecule has 0 spiro atoms. The lowest BCUT2D eigenvalue weighted by molar-refractivity contribution is 0.626. The number of anilines is 3. The number of benzene rings is 2. The van der Waals surface area contributed by atoms with Gasteiger partial charge < -0.3 is 11.1 Å². The van der Waals surface area contributed by atoms with E-state index >= 15 is 0 Å². The van der Waals surface area contributed by atoms with Crippen molar-refractivity contribution in [3.63, 3.8) is 0 Å². The number of aromatic nitrogens is 3. The van der Waals surface area contributed by atoms with Gasteiger partial charge in [0.2, 0.25) is 11.9 Å². The van der Waals surface area contributed by atoms with Gasteiger partial charge in [0.05, 0.1) is 5.25 Å². The molecule has 0 bridgehead atoms. The summed E-state index contributed by atoms with van der Waals surface area (Å²) in [4.78, 5) is 12.8. The Bertz CT molecular complexity index is 844. The van der Waals surface area contributed by atoms with E-state index < -0.39 is 0 Å². The number of halogens is 1. The third-order valence-electron chi connectivity index (χ3n) is 3.45. The molecule has 0 amide bonds. The first-order valence-electron chi connectivity index (χ1n) is 7.80. The number of nitrogens with one attached hydrogen (secondary N) is 1. The van der Waals surface area contributed by atoms with Crippen LogP contribution in [0.4, 0.5) is 22.0 Å². The van der Waals surface area contributed by atoms with Crippen LogP contribution in [-0.4, -0.2) is 15.0 Å². The maximum Gasteiger partial charge on any atom is 0.232 e. The molecular weight excluding hydrogens is 337 g/mol. The van der Waals surface area contributed by atoms with E-state index in [1.165, 1.54) is 12.1 Å². The lowest BCUT2D eigenvalue weighted by Crippen LogP contribution is -2.08. The van der Waals surface area contributed by atoms with Crippen molar-refractivity contribution in [2.45, 2.75) is 17.9 Å². The molecule has 3 aromatic rings. The molecule has 0 aliphatic rings. The Balaban J connectivity index is 1.70. The van der Waals surface area contributed by atoms with Crippen molar-refractivity contribution in [3.8, 4) is 0 Å². The number of para-hydroxylation sites is 1. The second-order valence-electron chi connectivity index (χ2n) is 5.45. The van der Waals surface area contributed by atoms with Gasteiger partial charge in [0.15, 0.2) is 0 Å². The summed E-state index contributed by atoms with van der Waals surface area (Å²) >= 11 is 1.61. The minimum atomic E-state index is -0.232. The quantitative estimate of drug-likeness (QED) is 0.685. The number of nitrogens with two attached hydrogens (primary N) is 1. The van der Waals surface area contributed by atoms with Crippen LogP contribution >= 0.6 is 11.8 Å². The second kappa shape index (κ2) is 7.94. The summed E-state index contributed by atoms with van der Waals surface area (Å²) in [6.07, 6.45) is 0. The van der Waals surface area contributed by atoms with Crippen molar-refractivity contribution in [2.24, 2.45) is 0 Å². The lowest BCUT2D eigenvalue weighted by Gasteiger charge is -2.12. The zero-order valence-electron chi connectivity index (χ0n) is 13.7. The van der Waals surface area contributed by atoms with Gasteiger partial charge in [-0.15, -0.1) is 11.8 Å². The number of nitrogen functional groups attached to an aromatic ring is 1. The van der Waals surface area contributed by atoms with Crippen LogP contribution in [0, 0.1) is 5.82 Å². The van der Waals surface area contributed by atoms with Gasteiger partial charge in [0.1, 0.15) is 11.6 Å². The van der Waals surface area contributed by atoms with E-state index in [4.69, 9.17) is 5.73 Å². The highest BCUT2D eigenvalue weighted by Gasteiger charge is 2.13. The van der Waals surface area contributed by atoms with Gasteiger partial charge in [0.25, 0.3) is 0 Å². The molecule has 7 heteroatoms. The first-order valence-corrected chi connectivity index (χ1v) is 8.84. The summed E-state index contributed by atoms with van der Waals surface area (Å²) in [6, 6.07) is 16.2. The Morgan fingerprint density at radius 3 is 2.64 bits per heavy atom. The molecule has 0 saturated carbocycles. The predicted molar refractivity (Wildman–Crippen MR) is 100 cm³/mol. The zero-order valence-corrected chi connectivity index (χ0v) is 14.5. The molecule has 0 radical (unpaired) electrons. The van der Waals surface area contributed by atoms with Crippen LogP contribution in [0.1, 0.15) is 23.6 Å². The number of thioether (sulfide) groups is 1. The summed E-state index contributed by atoms with van der Waals surface area (Å²) in [6.45, 7) is 1.99. The summed E-state index contributed by atoms with van der Waals surface area (Å²) < 4.78 is 13.3. The van der Waals surface area contributed by atoms with Crippen LogP contribution in [0.2, 0.25) is 0 Å². The monoisotopic (exact) mass is 355 g/mol. The molecule has 1 aromatic heterocycles. The van der Waals surface area contributed by atoms with Gasteiger partial charge in [-0.2, -0.15) is 15.0 Å². The average molecular weight is 355 g/mol. The van der Waals surface area contributed by atoms with Crippen LogP contribution in [0.15, 0.2) is 54.6 Å². The molecule has 2 aromatic carbocycles. The molecule has 0 saturated heterocycles. The smallest absolute Gasteiger partial charge is 0.232 e. The molecule has 1 atom stereocenters. The Morgan fingerprint density at radius 1 is 1.08 bits per heavy atom. The van der Waals surface area contributed by atoms with Crippen LogP contribution in [-0.2, 0) is 5.75 Å². The van der Waals surface area contributed by atoms with Gasteiger partial charge in [-0.1, -0.05) is 30.3 Å². The van der Waals surface area contributed by atoms with E-state index in [1.54, 1.807) is 17.8 Å². The van der Waals surface area contributed by atoms with Gasteiger partial charge in [-0.25, -0.2) is 4.39 Å². The molecule has 128 valence electrons. The van der Waals surface area contributed by atoms with Crippen molar-refractivity contribution in [2.75, 3.05) is 11.1 Å².